The molecule has 2 aliphatic carbocycles. The van der Waals surface area contributed by atoms with Crippen LogP contribution in [0.1, 0.15) is 133 Å². The molecule has 52 heavy (non-hydrogen) atoms. The second kappa shape index (κ2) is 17.5. The Morgan fingerprint density at radius 1 is 0.635 bits per heavy atom. The van der Waals surface area contributed by atoms with Crippen molar-refractivity contribution in [2.75, 3.05) is 0 Å². The van der Waals surface area contributed by atoms with E-state index in [1.54, 1.807) is 27.4 Å². The van der Waals surface area contributed by atoms with E-state index in [1.807, 2.05) is 12.2 Å². The molecular formula is C51H64Zr. The molecule has 0 nitrogen and oxygen atoms in total. The maximum Gasteiger partial charge on any atom is -0.0126 e. The van der Waals surface area contributed by atoms with Gasteiger partial charge in [-0.2, -0.15) is 6.08 Å². The molecule has 0 heterocycles. The van der Waals surface area contributed by atoms with Crippen LogP contribution < -0.4 is 0 Å². The van der Waals surface area contributed by atoms with Crippen LogP contribution in [-0.4, -0.2) is 3.21 Å². The van der Waals surface area contributed by atoms with Gasteiger partial charge in [0.1, 0.15) is 0 Å². The number of allylic oxidation sites excluding steroid dienone is 4. The van der Waals surface area contributed by atoms with E-state index in [2.05, 4.69) is 170 Å². The summed E-state index contributed by atoms with van der Waals surface area (Å²) in [5.74, 6) is 1.71. The first-order valence-corrected chi connectivity index (χ1v) is 20.7. The fourth-order valence-electron chi connectivity index (χ4n) is 7.54. The fourth-order valence-corrected chi connectivity index (χ4v) is 9.54. The maximum atomic E-state index is 3.95. The summed E-state index contributed by atoms with van der Waals surface area (Å²) in [5.41, 5.74) is 18.9. The molecule has 0 aromatic heterocycles. The smallest absolute Gasteiger partial charge is 0.0126 e. The third-order valence-corrected chi connectivity index (χ3v) is 10.6. The van der Waals surface area contributed by atoms with Crippen molar-refractivity contribution in [1.29, 1.82) is 0 Å². The average molecular weight is 768 g/mol. The zero-order chi connectivity index (χ0) is 38.5. The van der Waals surface area contributed by atoms with E-state index in [0.717, 1.165) is 24.7 Å². The van der Waals surface area contributed by atoms with Crippen LogP contribution in [0.4, 0.5) is 0 Å². The first-order valence-electron chi connectivity index (χ1n) is 19.5. The van der Waals surface area contributed by atoms with Crippen molar-refractivity contribution in [3.05, 3.63) is 129 Å². The molecular weight excluding hydrogens is 704 g/mol. The quantitative estimate of drug-likeness (QED) is 0.151. The number of benzene rings is 4. The van der Waals surface area contributed by atoms with Gasteiger partial charge in [-0.3, -0.25) is 6.08 Å². The van der Waals surface area contributed by atoms with Crippen molar-refractivity contribution in [3.63, 3.8) is 0 Å². The molecule has 0 saturated heterocycles. The van der Waals surface area contributed by atoms with Gasteiger partial charge in [0.15, 0.2) is 0 Å². The molecule has 0 fully saturated rings. The Bertz CT molecular complexity index is 1770. The normalized spacial score (nSPS) is 13.1. The molecule has 0 unspecified atom stereocenters. The van der Waals surface area contributed by atoms with E-state index < -0.39 is 0 Å². The molecule has 0 spiro atoms. The third kappa shape index (κ3) is 11.3. The molecule has 0 aliphatic heterocycles. The Balaban J connectivity index is 0.000000336. The SMILES string of the molecule is CC(C)C[C](=[Zr+2])CC(C)C.Cc1cc(C)cc(-c2[c-]c3c(cc2C(C)(C)C)-c2cc(C(C)(C)C)c(-c4cc(C)cc(C)c4)cc2C3)c1.[C-]1=CC=CC1. The van der Waals surface area contributed by atoms with Crippen molar-refractivity contribution in [2.24, 2.45) is 11.8 Å². The minimum atomic E-state index is 0.0210. The molecule has 1 heteroatoms. The molecule has 0 amide bonds. The predicted molar refractivity (Wildman–Crippen MR) is 226 cm³/mol. The number of hydrogen-bond donors (Lipinski definition) is 0. The summed E-state index contributed by atoms with van der Waals surface area (Å²) in [6, 6.07) is 25.2. The van der Waals surface area contributed by atoms with Gasteiger partial charge in [-0.15, -0.1) is 35.2 Å². The Kier molecular flexibility index (Phi) is 14.1. The molecule has 0 bridgehead atoms. The maximum absolute atomic E-state index is 3.95. The molecule has 0 radical (unpaired) electrons. The van der Waals surface area contributed by atoms with Crippen molar-refractivity contribution in [1.82, 2.24) is 0 Å². The molecule has 2 aliphatic rings. The van der Waals surface area contributed by atoms with E-state index in [-0.39, 0.29) is 10.8 Å². The van der Waals surface area contributed by atoms with E-state index in [1.165, 1.54) is 90.7 Å². The second-order valence-electron chi connectivity index (χ2n) is 18.2. The van der Waals surface area contributed by atoms with Gasteiger partial charge in [-0.25, -0.2) is 12.2 Å². The monoisotopic (exact) mass is 766 g/mol. The zero-order valence-electron chi connectivity index (χ0n) is 34.9. The molecule has 0 atom stereocenters. The molecule has 6 rings (SSSR count). The van der Waals surface area contributed by atoms with Crippen LogP contribution in [0.15, 0.2) is 72.8 Å². The first-order chi connectivity index (χ1) is 24.2. The Hall–Kier alpha value is -2.89. The summed E-state index contributed by atoms with van der Waals surface area (Å²) in [7, 11) is 0. The van der Waals surface area contributed by atoms with Gasteiger partial charge in [0.25, 0.3) is 0 Å². The van der Waals surface area contributed by atoms with E-state index >= 15 is 0 Å². The van der Waals surface area contributed by atoms with Gasteiger partial charge in [0.05, 0.1) is 0 Å². The molecule has 0 N–H and O–H groups in total. The van der Waals surface area contributed by atoms with Crippen molar-refractivity contribution in [3.8, 4) is 33.4 Å². The molecule has 272 valence electrons. The predicted octanol–water partition coefficient (Wildman–Crippen LogP) is 14.3. The Morgan fingerprint density at radius 3 is 1.56 bits per heavy atom. The molecule has 4 aromatic rings. The second-order valence-corrected chi connectivity index (χ2v) is 20.0. The summed E-state index contributed by atoms with van der Waals surface area (Å²) in [4.78, 5) is 0. The largest absolute Gasteiger partial charge is 0.273 e. The topological polar surface area (TPSA) is 0 Å². The Labute approximate surface area is 333 Å². The number of hydrogen-bond acceptors (Lipinski definition) is 0. The van der Waals surface area contributed by atoms with Crippen LogP contribution >= 0.6 is 0 Å². The minimum absolute atomic E-state index is 0.0210. The van der Waals surface area contributed by atoms with Crippen LogP contribution in [-0.2, 0) is 41.5 Å². The number of fused-ring (bicyclic) bond motifs is 3. The van der Waals surface area contributed by atoms with Crippen LogP contribution in [0.25, 0.3) is 33.4 Å². The third-order valence-electron chi connectivity index (χ3n) is 9.61. The number of aryl methyl sites for hydroxylation is 4. The van der Waals surface area contributed by atoms with E-state index in [4.69, 9.17) is 0 Å². The first kappa shape index (κ1) is 41.9. The van der Waals surface area contributed by atoms with E-state index in [0.29, 0.717) is 0 Å². The van der Waals surface area contributed by atoms with Gasteiger partial charge in [-0.1, -0.05) is 129 Å². The fraction of sp³-hybridized carbons (Fsp3) is 0.431. The van der Waals surface area contributed by atoms with Crippen LogP contribution in [0.3, 0.4) is 0 Å². The van der Waals surface area contributed by atoms with Gasteiger partial charge in [0, 0.05) is 0 Å². The minimum Gasteiger partial charge on any atom is -0.273 e. The van der Waals surface area contributed by atoms with Crippen molar-refractivity contribution < 1.29 is 24.2 Å². The van der Waals surface area contributed by atoms with Crippen LogP contribution in [0.5, 0.6) is 0 Å². The van der Waals surface area contributed by atoms with Gasteiger partial charge >= 0.3 is 79.8 Å². The molecule has 0 saturated carbocycles. The van der Waals surface area contributed by atoms with Gasteiger partial charge in [0.2, 0.25) is 0 Å². The average Bonchev–Trinajstić information content (AvgIpc) is 3.69. The Morgan fingerprint density at radius 2 is 1.13 bits per heavy atom. The number of rotatable bonds is 6. The van der Waals surface area contributed by atoms with E-state index in [9.17, 15) is 0 Å². The summed E-state index contributed by atoms with van der Waals surface area (Å²) in [5, 5.41) is 0. The van der Waals surface area contributed by atoms with Crippen LogP contribution in [0.2, 0.25) is 0 Å². The summed E-state index contributed by atoms with van der Waals surface area (Å²) < 4.78 is 1.75. The van der Waals surface area contributed by atoms with Gasteiger partial charge in [-0.05, 0) is 67.2 Å². The molecule has 4 aromatic carbocycles. The summed E-state index contributed by atoms with van der Waals surface area (Å²) in [6.45, 7) is 32.0. The zero-order valence-corrected chi connectivity index (χ0v) is 37.4. The summed E-state index contributed by atoms with van der Waals surface area (Å²) >= 11 is 1.65. The van der Waals surface area contributed by atoms with Crippen molar-refractivity contribution in [2.45, 2.75) is 133 Å². The van der Waals surface area contributed by atoms with Crippen molar-refractivity contribution >= 4 is 3.21 Å². The van der Waals surface area contributed by atoms with Crippen LogP contribution in [0, 0.1) is 51.7 Å². The summed E-state index contributed by atoms with van der Waals surface area (Å²) in [6.07, 6.45) is 13.6. The van der Waals surface area contributed by atoms with Gasteiger partial charge < -0.3 is 0 Å². The standard InChI is InChI=1S/C37H41.C9H18.C5H5.Zr/c1-22-11-23(2)14-26(13-22)32-18-28-17-29-19-33(27-15-24(3)12-25(4)16-27)35(37(8,9)10)21-31(29)30(28)20-34(32)36(5,6)7;1-8(2)6-5-7-9(3)4;1-2-4-5-3-1;/h11-16,18,20-21H,17H2,1-10H3;8-9H,6-7H2,1-4H3;1-3H,4H2;/q-1;;-1;+2.